The Kier molecular flexibility index (Phi) is 3.68. The summed E-state index contributed by atoms with van der Waals surface area (Å²) < 4.78 is 10.7. The summed E-state index contributed by atoms with van der Waals surface area (Å²) in [7, 11) is 2.92. The Morgan fingerprint density at radius 3 is 1.77 bits per heavy atom. The highest BCUT2D eigenvalue weighted by molar-refractivity contribution is 6.03. The molecule has 0 unspecified atom stereocenters. The maximum Gasteiger partial charge on any atom is 0.186 e. The number of rotatable bonds is 3. The molecule has 0 atom stereocenters. The van der Waals surface area contributed by atoms with E-state index in [0.29, 0.717) is 22.6 Å². The van der Waals surface area contributed by atoms with Crippen molar-refractivity contribution in [3.05, 3.63) is 12.1 Å². The van der Waals surface area contributed by atoms with Crippen LogP contribution in [0.2, 0.25) is 0 Å². The van der Waals surface area contributed by atoms with E-state index in [-0.39, 0.29) is 34.2 Å². The summed E-state index contributed by atoms with van der Waals surface area (Å²) in [5.74, 6) is 0.599. The largest absolute Gasteiger partial charge is 0.492 e. The van der Waals surface area contributed by atoms with Crippen molar-refractivity contribution < 1.29 is 9.47 Å². The third-order valence-electron chi connectivity index (χ3n) is 3.53. The molecule has 0 saturated heterocycles. The molecule has 0 aliphatic carbocycles. The molecule has 118 valence electrons. The van der Waals surface area contributed by atoms with Gasteiger partial charge in [-0.25, -0.2) is 0 Å². The van der Waals surface area contributed by atoms with Crippen LogP contribution in [0.5, 0.6) is 11.5 Å². The summed E-state index contributed by atoms with van der Waals surface area (Å²) in [5, 5.41) is 0. The van der Waals surface area contributed by atoms with E-state index in [4.69, 9.17) is 43.9 Å². The van der Waals surface area contributed by atoms with Crippen LogP contribution in [-0.4, -0.2) is 14.2 Å². The molecule has 0 aromatic heterocycles. The zero-order valence-electron chi connectivity index (χ0n) is 12.4. The summed E-state index contributed by atoms with van der Waals surface area (Å²) in [6.45, 7) is 0. The molecule has 0 spiro atoms. The van der Waals surface area contributed by atoms with Gasteiger partial charge in [-0.05, 0) is 12.1 Å². The van der Waals surface area contributed by atoms with E-state index in [1.807, 2.05) is 0 Å². The number of benzene rings is 2. The monoisotopic (exact) mass is 304 g/mol. The second-order valence-corrected chi connectivity index (χ2v) is 4.71. The fraction of sp³-hybridized carbons (Fsp3) is 0.143. The van der Waals surface area contributed by atoms with Gasteiger partial charge in [0.1, 0.15) is 5.69 Å². The molecule has 2 aromatic carbocycles. The fourth-order valence-electron chi connectivity index (χ4n) is 2.30. The van der Waals surface area contributed by atoms with Gasteiger partial charge in [0.15, 0.2) is 11.5 Å². The standard InChI is InChI=1S/C14H20N6O2/c1-21-13-7(5-3-4-6(15)9(17)8(5)16)10(18)11(19)12(20)14(13)22-2/h3-4H,15-20H2,1-2H3. The van der Waals surface area contributed by atoms with E-state index in [1.54, 1.807) is 12.1 Å². The number of ether oxygens (including phenoxy) is 2. The quantitative estimate of drug-likeness (QED) is 0.452. The number of nitrogens with two attached hydrogens (primary N) is 6. The number of hydrogen-bond acceptors (Lipinski definition) is 8. The maximum atomic E-state index is 6.10. The number of methoxy groups -OCH3 is 2. The molecule has 0 saturated carbocycles. The molecule has 0 aliphatic heterocycles. The molecule has 0 heterocycles. The summed E-state index contributed by atoms with van der Waals surface area (Å²) in [4.78, 5) is 0. The van der Waals surface area contributed by atoms with E-state index >= 15 is 0 Å². The minimum absolute atomic E-state index is 0.183. The van der Waals surface area contributed by atoms with Gasteiger partial charge in [-0.3, -0.25) is 0 Å². The molecule has 0 amide bonds. The Hall–Kier alpha value is -3.16. The van der Waals surface area contributed by atoms with Crippen molar-refractivity contribution in [2.24, 2.45) is 0 Å². The molecule has 2 aromatic rings. The lowest BCUT2D eigenvalue weighted by Gasteiger charge is -2.21. The van der Waals surface area contributed by atoms with E-state index < -0.39 is 0 Å². The summed E-state index contributed by atoms with van der Waals surface area (Å²) in [6.07, 6.45) is 0. The average Bonchev–Trinajstić information content (AvgIpc) is 2.51. The van der Waals surface area contributed by atoms with Crippen molar-refractivity contribution in [2.45, 2.75) is 0 Å². The molecule has 2 rings (SSSR count). The van der Waals surface area contributed by atoms with Gasteiger partial charge < -0.3 is 43.9 Å². The van der Waals surface area contributed by atoms with Gasteiger partial charge in [0.05, 0.1) is 48.2 Å². The molecule has 0 aliphatic rings. The predicted octanol–water partition coefficient (Wildman–Crippen LogP) is 0.864. The van der Waals surface area contributed by atoms with Crippen LogP contribution in [0.15, 0.2) is 12.1 Å². The van der Waals surface area contributed by atoms with Crippen LogP contribution in [0.25, 0.3) is 11.1 Å². The number of anilines is 6. The van der Waals surface area contributed by atoms with Gasteiger partial charge in [0.2, 0.25) is 0 Å². The number of hydrogen-bond donors (Lipinski definition) is 6. The van der Waals surface area contributed by atoms with Crippen molar-refractivity contribution >= 4 is 34.1 Å². The average molecular weight is 304 g/mol. The second kappa shape index (κ2) is 5.32. The minimum Gasteiger partial charge on any atom is -0.492 e. The van der Waals surface area contributed by atoms with Crippen LogP contribution < -0.4 is 43.9 Å². The minimum atomic E-state index is 0.183. The first-order valence-electron chi connectivity index (χ1n) is 6.37. The highest BCUT2D eigenvalue weighted by Gasteiger charge is 2.24. The van der Waals surface area contributed by atoms with Gasteiger partial charge in [-0.2, -0.15) is 0 Å². The molecule has 12 N–H and O–H groups in total. The summed E-state index contributed by atoms with van der Waals surface area (Å²) >= 11 is 0. The Labute approximate surface area is 127 Å². The highest BCUT2D eigenvalue weighted by Crippen LogP contribution is 2.52. The van der Waals surface area contributed by atoms with Crippen LogP contribution in [0.3, 0.4) is 0 Å². The van der Waals surface area contributed by atoms with Crippen molar-refractivity contribution in [3.8, 4) is 22.6 Å². The topological polar surface area (TPSA) is 175 Å². The van der Waals surface area contributed by atoms with Crippen molar-refractivity contribution in [3.63, 3.8) is 0 Å². The van der Waals surface area contributed by atoms with Crippen molar-refractivity contribution in [1.82, 2.24) is 0 Å². The normalized spacial score (nSPS) is 10.5. The Morgan fingerprint density at radius 2 is 1.23 bits per heavy atom. The molecule has 0 radical (unpaired) electrons. The first-order valence-corrected chi connectivity index (χ1v) is 6.37. The molecule has 0 bridgehead atoms. The van der Waals surface area contributed by atoms with Gasteiger partial charge >= 0.3 is 0 Å². The second-order valence-electron chi connectivity index (χ2n) is 4.71. The third kappa shape index (κ3) is 2.01. The van der Waals surface area contributed by atoms with Gasteiger partial charge in [-0.1, -0.05) is 0 Å². The van der Waals surface area contributed by atoms with Crippen molar-refractivity contribution in [2.75, 3.05) is 48.6 Å². The molecular formula is C14H20N6O2. The van der Waals surface area contributed by atoms with Gasteiger partial charge in [0, 0.05) is 5.56 Å². The van der Waals surface area contributed by atoms with Crippen molar-refractivity contribution in [1.29, 1.82) is 0 Å². The van der Waals surface area contributed by atoms with Crippen LogP contribution in [0.4, 0.5) is 34.1 Å². The molecular weight excluding hydrogens is 284 g/mol. The predicted molar refractivity (Wildman–Crippen MR) is 91.5 cm³/mol. The summed E-state index contributed by atoms with van der Waals surface area (Å²) in [6, 6.07) is 3.31. The lowest BCUT2D eigenvalue weighted by atomic mass is 9.97. The van der Waals surface area contributed by atoms with Crippen LogP contribution in [-0.2, 0) is 0 Å². The van der Waals surface area contributed by atoms with Crippen LogP contribution in [0.1, 0.15) is 0 Å². The van der Waals surface area contributed by atoms with Crippen LogP contribution >= 0.6 is 0 Å². The fourth-order valence-corrected chi connectivity index (χ4v) is 2.30. The maximum absolute atomic E-state index is 6.10. The zero-order chi connectivity index (χ0) is 16.6. The Bertz CT molecular complexity index is 745. The van der Waals surface area contributed by atoms with E-state index in [1.165, 1.54) is 14.2 Å². The van der Waals surface area contributed by atoms with Gasteiger partial charge in [-0.15, -0.1) is 0 Å². The van der Waals surface area contributed by atoms with Crippen LogP contribution in [0, 0.1) is 0 Å². The molecule has 22 heavy (non-hydrogen) atoms. The number of nitrogen functional groups attached to an aromatic ring is 6. The highest BCUT2D eigenvalue weighted by atomic mass is 16.5. The van der Waals surface area contributed by atoms with E-state index in [9.17, 15) is 0 Å². The summed E-state index contributed by atoms with van der Waals surface area (Å²) in [5.41, 5.74) is 38.2. The van der Waals surface area contributed by atoms with E-state index in [0.717, 1.165) is 0 Å². The molecule has 0 fully saturated rings. The Balaban J connectivity index is 2.92. The lowest BCUT2D eigenvalue weighted by molar-refractivity contribution is 0.358. The first-order chi connectivity index (χ1) is 10.3. The Morgan fingerprint density at radius 1 is 0.636 bits per heavy atom. The van der Waals surface area contributed by atoms with Gasteiger partial charge in [0.25, 0.3) is 0 Å². The first kappa shape index (κ1) is 15.2. The third-order valence-corrected chi connectivity index (χ3v) is 3.53. The zero-order valence-corrected chi connectivity index (χ0v) is 12.4. The SMILES string of the molecule is COc1c(N)c(N)c(N)c(-c2ccc(N)c(N)c2N)c1OC. The lowest BCUT2D eigenvalue weighted by Crippen LogP contribution is -2.08. The van der Waals surface area contributed by atoms with E-state index in [2.05, 4.69) is 0 Å². The molecule has 8 heteroatoms. The molecule has 8 nitrogen and oxygen atoms in total. The smallest absolute Gasteiger partial charge is 0.186 e.